The smallest absolute Gasteiger partial charge is 0.243 e. The van der Waals surface area contributed by atoms with Crippen LogP contribution in [0.5, 0.6) is 0 Å². The van der Waals surface area contributed by atoms with Crippen molar-refractivity contribution in [2.24, 2.45) is 0 Å². The predicted octanol–water partition coefficient (Wildman–Crippen LogP) is 1.83. The van der Waals surface area contributed by atoms with Crippen LogP contribution in [0.25, 0.3) is 0 Å². The Hall–Kier alpha value is -1.44. The summed E-state index contributed by atoms with van der Waals surface area (Å²) in [6, 6.07) is 3.99. The molecule has 1 aliphatic heterocycles. The van der Waals surface area contributed by atoms with Gasteiger partial charge in [-0.25, -0.2) is 8.42 Å². The highest BCUT2D eigenvalue weighted by Crippen LogP contribution is 2.26. The number of carbonyl (C=O) groups excluding carboxylic acids is 1. The van der Waals surface area contributed by atoms with Crippen LogP contribution in [0.2, 0.25) is 0 Å². The molecule has 0 aliphatic carbocycles. The molecular formula is C19H31N3O3S. The Balaban J connectivity index is 2.02. The Labute approximate surface area is 157 Å². The molecule has 1 fully saturated rings. The van der Waals surface area contributed by atoms with Gasteiger partial charge in [0, 0.05) is 32.2 Å². The van der Waals surface area contributed by atoms with Gasteiger partial charge in [0.05, 0.1) is 11.4 Å². The number of rotatable bonds is 6. The summed E-state index contributed by atoms with van der Waals surface area (Å²) in [5.74, 6) is 0.000815. The lowest BCUT2D eigenvalue weighted by Gasteiger charge is -2.34. The van der Waals surface area contributed by atoms with Crippen LogP contribution in [-0.2, 0) is 14.8 Å². The van der Waals surface area contributed by atoms with Gasteiger partial charge in [-0.15, -0.1) is 0 Å². The van der Waals surface area contributed by atoms with Crippen molar-refractivity contribution in [2.45, 2.75) is 52.0 Å². The van der Waals surface area contributed by atoms with Crippen molar-refractivity contribution in [3.05, 3.63) is 28.8 Å². The summed E-state index contributed by atoms with van der Waals surface area (Å²) in [6.45, 7) is 12.0. The lowest BCUT2D eigenvalue weighted by Crippen LogP contribution is -2.51. The normalized spacial score (nSPS) is 17.9. The lowest BCUT2D eigenvalue weighted by atomic mass is 10.1. The van der Waals surface area contributed by atoms with Crippen LogP contribution in [0.3, 0.4) is 0 Å². The molecule has 1 amide bonds. The van der Waals surface area contributed by atoms with E-state index in [1.165, 1.54) is 0 Å². The van der Waals surface area contributed by atoms with E-state index in [0.717, 1.165) is 23.1 Å². The number of hydrogen-bond acceptors (Lipinski definition) is 4. The van der Waals surface area contributed by atoms with Gasteiger partial charge in [-0.2, -0.15) is 4.31 Å². The first kappa shape index (κ1) is 20.9. The SMILES string of the molecule is CCC(C)NC(=O)CN1CCN(S(=O)(=O)c2c(C)cc(C)cc2C)CC1. The van der Waals surface area contributed by atoms with Crippen LogP contribution in [-0.4, -0.2) is 62.3 Å². The van der Waals surface area contributed by atoms with E-state index < -0.39 is 10.0 Å². The minimum atomic E-state index is -3.51. The van der Waals surface area contributed by atoms with Crippen LogP contribution < -0.4 is 5.32 Å². The first-order valence-corrected chi connectivity index (χ1v) is 10.7. The molecule has 2 rings (SSSR count). The van der Waals surface area contributed by atoms with Crippen molar-refractivity contribution in [3.8, 4) is 0 Å². The Bertz CT molecular complexity index is 730. The van der Waals surface area contributed by atoms with E-state index in [1.54, 1.807) is 4.31 Å². The van der Waals surface area contributed by atoms with Gasteiger partial charge < -0.3 is 5.32 Å². The van der Waals surface area contributed by atoms with Gasteiger partial charge in [-0.1, -0.05) is 24.6 Å². The summed E-state index contributed by atoms with van der Waals surface area (Å²) in [6.07, 6.45) is 0.896. The molecule has 0 bridgehead atoms. The third-order valence-corrected chi connectivity index (χ3v) is 7.13. The Morgan fingerprint density at radius 1 is 1.12 bits per heavy atom. The average Bonchev–Trinajstić information content (AvgIpc) is 2.53. The largest absolute Gasteiger partial charge is 0.353 e. The monoisotopic (exact) mass is 381 g/mol. The minimum absolute atomic E-state index is 0.000815. The van der Waals surface area contributed by atoms with Crippen molar-refractivity contribution in [2.75, 3.05) is 32.7 Å². The zero-order valence-electron chi connectivity index (χ0n) is 16.5. The lowest BCUT2D eigenvalue weighted by molar-refractivity contribution is -0.123. The van der Waals surface area contributed by atoms with E-state index in [9.17, 15) is 13.2 Å². The van der Waals surface area contributed by atoms with Gasteiger partial charge in [0.1, 0.15) is 0 Å². The highest BCUT2D eigenvalue weighted by molar-refractivity contribution is 7.89. The molecule has 0 spiro atoms. The molecule has 1 N–H and O–H groups in total. The van der Waals surface area contributed by atoms with E-state index in [2.05, 4.69) is 5.32 Å². The number of piperazine rings is 1. The number of carbonyl (C=O) groups is 1. The maximum atomic E-state index is 13.1. The highest BCUT2D eigenvalue weighted by Gasteiger charge is 2.31. The quantitative estimate of drug-likeness (QED) is 0.816. The molecular weight excluding hydrogens is 350 g/mol. The van der Waals surface area contributed by atoms with Crippen molar-refractivity contribution in [3.63, 3.8) is 0 Å². The molecule has 0 aromatic heterocycles. The maximum Gasteiger partial charge on any atom is 0.243 e. The molecule has 0 saturated carbocycles. The van der Waals surface area contributed by atoms with E-state index in [4.69, 9.17) is 0 Å². The van der Waals surface area contributed by atoms with Crippen LogP contribution >= 0.6 is 0 Å². The van der Waals surface area contributed by atoms with Gasteiger partial charge >= 0.3 is 0 Å². The number of nitrogens with zero attached hydrogens (tertiary/aromatic N) is 2. The number of benzene rings is 1. The molecule has 0 radical (unpaired) electrons. The Morgan fingerprint density at radius 2 is 1.65 bits per heavy atom. The molecule has 1 heterocycles. The fourth-order valence-electron chi connectivity index (χ4n) is 3.46. The van der Waals surface area contributed by atoms with Gasteiger partial charge in [0.15, 0.2) is 0 Å². The molecule has 26 heavy (non-hydrogen) atoms. The maximum absolute atomic E-state index is 13.1. The van der Waals surface area contributed by atoms with E-state index in [-0.39, 0.29) is 11.9 Å². The van der Waals surface area contributed by atoms with Crippen molar-refractivity contribution in [1.82, 2.24) is 14.5 Å². The number of aryl methyl sites for hydroxylation is 3. The summed E-state index contributed by atoms with van der Waals surface area (Å²) < 4.78 is 27.7. The zero-order chi connectivity index (χ0) is 19.5. The average molecular weight is 382 g/mol. The second-order valence-electron chi connectivity index (χ2n) is 7.28. The Kier molecular flexibility index (Phi) is 6.82. The summed E-state index contributed by atoms with van der Waals surface area (Å²) >= 11 is 0. The Morgan fingerprint density at radius 3 is 2.15 bits per heavy atom. The second kappa shape index (κ2) is 8.50. The molecule has 1 aromatic rings. The van der Waals surface area contributed by atoms with E-state index in [1.807, 2.05) is 51.7 Å². The first-order chi connectivity index (χ1) is 12.1. The molecule has 1 aromatic carbocycles. The third kappa shape index (κ3) is 4.84. The number of hydrogen-bond donors (Lipinski definition) is 1. The number of sulfonamides is 1. The predicted molar refractivity (Wildman–Crippen MR) is 104 cm³/mol. The summed E-state index contributed by atoms with van der Waals surface area (Å²) in [4.78, 5) is 14.5. The summed E-state index contributed by atoms with van der Waals surface area (Å²) in [7, 11) is -3.51. The third-order valence-electron chi connectivity index (χ3n) is 4.92. The minimum Gasteiger partial charge on any atom is -0.353 e. The van der Waals surface area contributed by atoms with Crippen molar-refractivity contribution >= 4 is 15.9 Å². The molecule has 1 unspecified atom stereocenters. The summed E-state index contributed by atoms with van der Waals surface area (Å²) in [5, 5.41) is 2.95. The molecule has 1 aliphatic rings. The molecule has 6 nitrogen and oxygen atoms in total. The first-order valence-electron chi connectivity index (χ1n) is 9.24. The number of amides is 1. The highest BCUT2D eigenvalue weighted by atomic mass is 32.2. The van der Waals surface area contributed by atoms with Crippen LogP contribution in [0.1, 0.15) is 37.0 Å². The fourth-order valence-corrected chi connectivity index (χ4v) is 5.29. The second-order valence-corrected chi connectivity index (χ2v) is 9.16. The van der Waals surface area contributed by atoms with Crippen molar-refractivity contribution < 1.29 is 13.2 Å². The van der Waals surface area contributed by atoms with Gasteiger partial charge in [-0.05, 0) is 45.2 Å². The van der Waals surface area contributed by atoms with Gasteiger partial charge in [-0.3, -0.25) is 9.69 Å². The number of nitrogens with one attached hydrogen (secondary N) is 1. The van der Waals surface area contributed by atoms with E-state index >= 15 is 0 Å². The standard InChI is InChI=1S/C19H31N3O3S/c1-6-17(5)20-18(23)13-21-7-9-22(10-8-21)26(24,25)19-15(3)11-14(2)12-16(19)4/h11-12,17H,6-10,13H2,1-5H3,(H,20,23). The van der Waals surface area contributed by atoms with E-state index in [0.29, 0.717) is 37.6 Å². The molecule has 146 valence electrons. The van der Waals surface area contributed by atoms with Gasteiger partial charge in [0.2, 0.25) is 15.9 Å². The molecule has 1 saturated heterocycles. The molecule has 1 atom stereocenters. The van der Waals surface area contributed by atoms with Crippen LogP contribution in [0.15, 0.2) is 17.0 Å². The zero-order valence-corrected chi connectivity index (χ0v) is 17.3. The van der Waals surface area contributed by atoms with Gasteiger partial charge in [0.25, 0.3) is 0 Å². The summed E-state index contributed by atoms with van der Waals surface area (Å²) in [5.41, 5.74) is 2.65. The topological polar surface area (TPSA) is 69.7 Å². The van der Waals surface area contributed by atoms with Crippen LogP contribution in [0, 0.1) is 20.8 Å². The molecule has 7 heteroatoms. The van der Waals surface area contributed by atoms with Crippen molar-refractivity contribution in [1.29, 1.82) is 0 Å². The van der Waals surface area contributed by atoms with Crippen LogP contribution in [0.4, 0.5) is 0 Å². The fraction of sp³-hybridized carbons (Fsp3) is 0.632.